The van der Waals surface area contributed by atoms with E-state index in [-0.39, 0.29) is 5.91 Å². The van der Waals surface area contributed by atoms with Gasteiger partial charge in [-0.3, -0.25) is 4.79 Å². The Labute approximate surface area is 113 Å². The first-order valence-corrected chi connectivity index (χ1v) is 7.44. The average Bonchev–Trinajstić information content (AvgIpc) is 3.05. The van der Waals surface area contributed by atoms with Gasteiger partial charge in [0.15, 0.2) is 4.34 Å². The number of thioether (sulfide) groups is 1. The molecule has 1 aromatic rings. The summed E-state index contributed by atoms with van der Waals surface area (Å²) in [5, 5.41) is 23.1. The lowest BCUT2D eigenvalue weighted by Crippen LogP contribution is -2.25. The number of nitrogens with one attached hydrogen (secondary N) is 2. The van der Waals surface area contributed by atoms with Crippen LogP contribution in [0.5, 0.6) is 0 Å². The van der Waals surface area contributed by atoms with Crippen molar-refractivity contribution in [1.82, 2.24) is 15.5 Å². The zero-order valence-corrected chi connectivity index (χ0v) is 11.3. The minimum atomic E-state index is -0.0813. The summed E-state index contributed by atoms with van der Waals surface area (Å²) in [5.74, 6) is 0.228. The molecule has 2 N–H and O–H groups in total. The number of anilines is 1. The van der Waals surface area contributed by atoms with E-state index in [9.17, 15) is 4.79 Å². The largest absolute Gasteiger partial charge is 0.357 e. The number of nitrogens with zero attached hydrogens (tertiary/aromatic N) is 3. The van der Waals surface area contributed by atoms with Crippen molar-refractivity contribution < 1.29 is 4.79 Å². The van der Waals surface area contributed by atoms with Crippen LogP contribution in [0.4, 0.5) is 5.13 Å². The summed E-state index contributed by atoms with van der Waals surface area (Å²) in [6, 6.07) is 2.53. The summed E-state index contributed by atoms with van der Waals surface area (Å²) in [4.78, 5) is 11.4. The molecule has 0 saturated heterocycles. The van der Waals surface area contributed by atoms with Crippen LogP contribution in [0.3, 0.4) is 0 Å². The second kappa shape index (κ2) is 6.56. The molecule has 0 aromatic carbocycles. The van der Waals surface area contributed by atoms with Crippen LogP contribution in [-0.4, -0.2) is 34.4 Å². The smallest absolute Gasteiger partial charge is 0.230 e. The van der Waals surface area contributed by atoms with E-state index in [0.717, 1.165) is 9.47 Å². The molecule has 8 heteroatoms. The van der Waals surface area contributed by atoms with E-state index < -0.39 is 0 Å². The maximum atomic E-state index is 11.4. The predicted octanol–water partition coefficient (Wildman–Crippen LogP) is 1.23. The van der Waals surface area contributed by atoms with Gasteiger partial charge in [0, 0.05) is 12.6 Å². The molecule has 1 amide bonds. The van der Waals surface area contributed by atoms with E-state index in [1.165, 1.54) is 35.9 Å². The first kappa shape index (κ1) is 13.1. The number of carbonyl (C=O) groups is 1. The molecule has 0 unspecified atom stereocenters. The molecule has 1 aliphatic carbocycles. The fourth-order valence-electron chi connectivity index (χ4n) is 1.16. The number of amides is 1. The maximum absolute atomic E-state index is 11.4. The van der Waals surface area contributed by atoms with Gasteiger partial charge in [0.25, 0.3) is 0 Å². The average molecular weight is 283 g/mol. The molecule has 1 saturated carbocycles. The Hall–Kier alpha value is -1.33. The zero-order chi connectivity index (χ0) is 12.8. The van der Waals surface area contributed by atoms with Gasteiger partial charge < -0.3 is 10.6 Å². The highest BCUT2D eigenvalue weighted by atomic mass is 32.2. The van der Waals surface area contributed by atoms with Crippen molar-refractivity contribution in [1.29, 1.82) is 5.26 Å². The molecule has 1 fully saturated rings. The van der Waals surface area contributed by atoms with Gasteiger partial charge in [-0.15, -0.1) is 10.2 Å². The third-order valence-corrected chi connectivity index (χ3v) is 4.18. The van der Waals surface area contributed by atoms with Crippen LogP contribution in [0.2, 0.25) is 0 Å². The second-order valence-corrected chi connectivity index (χ2v) is 6.04. The second-order valence-electron chi connectivity index (χ2n) is 3.84. The SMILES string of the molecule is N#CCCNC(=O)CSc1nnc(NC2CC2)s1. The molecule has 2 rings (SSSR count). The Morgan fingerprint density at radius 2 is 2.39 bits per heavy atom. The Kier molecular flexibility index (Phi) is 4.78. The molecule has 18 heavy (non-hydrogen) atoms. The Morgan fingerprint density at radius 3 is 3.11 bits per heavy atom. The van der Waals surface area contributed by atoms with E-state index in [2.05, 4.69) is 20.8 Å². The summed E-state index contributed by atoms with van der Waals surface area (Å²) in [6.45, 7) is 0.403. The maximum Gasteiger partial charge on any atom is 0.230 e. The Bertz CT molecular complexity index is 451. The van der Waals surface area contributed by atoms with Crippen LogP contribution in [0, 0.1) is 11.3 Å². The van der Waals surface area contributed by atoms with Gasteiger partial charge in [-0.2, -0.15) is 5.26 Å². The fourth-order valence-corrected chi connectivity index (χ4v) is 2.82. The first-order chi connectivity index (χ1) is 8.78. The van der Waals surface area contributed by atoms with E-state index in [0.29, 0.717) is 24.8 Å². The van der Waals surface area contributed by atoms with Crippen molar-refractivity contribution in [3.63, 3.8) is 0 Å². The van der Waals surface area contributed by atoms with Gasteiger partial charge in [0.05, 0.1) is 18.2 Å². The van der Waals surface area contributed by atoms with Gasteiger partial charge in [0.2, 0.25) is 11.0 Å². The number of rotatable bonds is 7. The third kappa shape index (κ3) is 4.50. The normalized spacial score (nSPS) is 13.9. The lowest BCUT2D eigenvalue weighted by molar-refractivity contribution is -0.118. The van der Waals surface area contributed by atoms with Crippen LogP contribution in [0.1, 0.15) is 19.3 Å². The lowest BCUT2D eigenvalue weighted by Gasteiger charge is -1.99. The highest BCUT2D eigenvalue weighted by Crippen LogP contribution is 2.29. The van der Waals surface area contributed by atoms with Crippen molar-refractivity contribution in [2.24, 2.45) is 0 Å². The number of aromatic nitrogens is 2. The molecular formula is C10H13N5OS2. The van der Waals surface area contributed by atoms with Crippen molar-refractivity contribution in [2.45, 2.75) is 29.6 Å². The van der Waals surface area contributed by atoms with E-state index in [1.54, 1.807) is 0 Å². The van der Waals surface area contributed by atoms with Crippen molar-refractivity contribution in [3.05, 3.63) is 0 Å². The number of nitriles is 1. The van der Waals surface area contributed by atoms with E-state index in [4.69, 9.17) is 5.26 Å². The summed E-state index contributed by atoms with van der Waals surface area (Å²) in [5.41, 5.74) is 0. The van der Waals surface area contributed by atoms with Gasteiger partial charge in [-0.1, -0.05) is 23.1 Å². The molecule has 1 aromatic heterocycles. The van der Waals surface area contributed by atoms with Crippen molar-refractivity contribution >= 4 is 34.1 Å². The Balaban J connectivity index is 1.67. The molecule has 0 atom stereocenters. The zero-order valence-electron chi connectivity index (χ0n) is 9.68. The summed E-state index contributed by atoms with van der Waals surface area (Å²) >= 11 is 2.83. The summed E-state index contributed by atoms with van der Waals surface area (Å²) < 4.78 is 0.786. The quantitative estimate of drug-likeness (QED) is 0.578. The third-order valence-electron chi connectivity index (χ3n) is 2.20. The molecule has 96 valence electrons. The highest BCUT2D eigenvalue weighted by Gasteiger charge is 2.22. The molecule has 1 heterocycles. The molecule has 0 aliphatic heterocycles. The van der Waals surface area contributed by atoms with Gasteiger partial charge in [-0.25, -0.2) is 0 Å². The van der Waals surface area contributed by atoms with Crippen LogP contribution >= 0.6 is 23.1 Å². The molecule has 0 bridgehead atoms. The first-order valence-electron chi connectivity index (χ1n) is 5.64. The molecular weight excluding hydrogens is 270 g/mol. The van der Waals surface area contributed by atoms with Gasteiger partial charge >= 0.3 is 0 Å². The molecule has 0 spiro atoms. The van der Waals surface area contributed by atoms with Crippen LogP contribution in [0.25, 0.3) is 0 Å². The van der Waals surface area contributed by atoms with Crippen LogP contribution < -0.4 is 10.6 Å². The topological polar surface area (TPSA) is 90.7 Å². The Morgan fingerprint density at radius 1 is 1.56 bits per heavy atom. The minimum absolute atomic E-state index is 0.0813. The highest BCUT2D eigenvalue weighted by molar-refractivity contribution is 8.01. The minimum Gasteiger partial charge on any atom is -0.357 e. The molecule has 0 radical (unpaired) electrons. The number of hydrogen-bond donors (Lipinski definition) is 2. The van der Waals surface area contributed by atoms with Crippen LogP contribution in [0.15, 0.2) is 4.34 Å². The van der Waals surface area contributed by atoms with Gasteiger partial charge in [-0.05, 0) is 12.8 Å². The van der Waals surface area contributed by atoms with E-state index in [1.807, 2.05) is 6.07 Å². The fraction of sp³-hybridized carbons (Fsp3) is 0.600. The van der Waals surface area contributed by atoms with Gasteiger partial charge in [0.1, 0.15) is 0 Å². The molecule has 1 aliphatic rings. The van der Waals surface area contributed by atoms with Crippen molar-refractivity contribution in [2.75, 3.05) is 17.6 Å². The number of carbonyl (C=O) groups excluding carboxylic acids is 1. The predicted molar refractivity (Wildman–Crippen MR) is 70.5 cm³/mol. The molecule has 6 nitrogen and oxygen atoms in total. The van der Waals surface area contributed by atoms with Crippen LogP contribution in [-0.2, 0) is 4.79 Å². The van der Waals surface area contributed by atoms with Crippen molar-refractivity contribution in [3.8, 4) is 6.07 Å². The lowest BCUT2D eigenvalue weighted by atomic mass is 10.4. The summed E-state index contributed by atoms with van der Waals surface area (Å²) in [7, 11) is 0. The van der Waals surface area contributed by atoms with E-state index >= 15 is 0 Å². The summed E-state index contributed by atoms with van der Waals surface area (Å²) in [6.07, 6.45) is 2.73. The number of hydrogen-bond acceptors (Lipinski definition) is 7. The standard InChI is InChI=1S/C10H13N5OS2/c11-4-1-5-12-8(16)6-17-10-15-14-9(18-10)13-7-2-3-7/h7H,1-3,5-6H2,(H,12,16)(H,13,14). The monoisotopic (exact) mass is 283 g/mol.